The highest BCUT2D eigenvalue weighted by molar-refractivity contribution is 9.10. The molecule has 1 heterocycles. The lowest BCUT2D eigenvalue weighted by Crippen LogP contribution is -2.32. The second-order valence-corrected chi connectivity index (χ2v) is 5.36. The molecule has 0 aromatic heterocycles. The van der Waals surface area contributed by atoms with E-state index in [4.69, 9.17) is 0 Å². The van der Waals surface area contributed by atoms with Crippen molar-refractivity contribution in [1.82, 2.24) is 5.06 Å². The molecule has 0 N–H and O–H groups in total. The number of hydrogen-bond acceptors (Lipinski definition) is 5. The number of carbonyl (C=O) groups excluding carboxylic acids is 3. The van der Waals surface area contributed by atoms with Gasteiger partial charge in [-0.25, -0.2) is 4.79 Å². The Hall–Kier alpha value is -2.10. The highest BCUT2D eigenvalue weighted by Crippen LogP contribution is 2.28. The van der Waals surface area contributed by atoms with Crippen molar-refractivity contribution >= 4 is 33.7 Å². The topological polar surface area (TPSA) is 72.9 Å². The van der Waals surface area contributed by atoms with E-state index < -0.39 is 30.6 Å². The quantitative estimate of drug-likeness (QED) is 0.732. The molecule has 1 saturated heterocycles. The number of carbonyl (C=O) groups is 3. The van der Waals surface area contributed by atoms with E-state index in [0.717, 1.165) is 6.07 Å². The zero-order chi connectivity index (χ0) is 17.2. The SMILES string of the molecule is O=C(ON1C(=O)CCC1=O)c1ccc(Br)c(OCC(F)(F)F)c1. The first-order chi connectivity index (χ1) is 10.7. The van der Waals surface area contributed by atoms with Crippen molar-refractivity contribution in [3.8, 4) is 5.75 Å². The normalized spacial score (nSPS) is 15.0. The summed E-state index contributed by atoms with van der Waals surface area (Å²) in [5.74, 6) is -2.60. The summed E-state index contributed by atoms with van der Waals surface area (Å²) in [7, 11) is 0. The predicted octanol–water partition coefficient (Wildman–Crippen LogP) is 2.61. The number of nitrogens with zero attached hydrogens (tertiary/aromatic N) is 1. The minimum Gasteiger partial charge on any atom is -0.483 e. The third-order valence-corrected chi connectivity index (χ3v) is 3.39. The van der Waals surface area contributed by atoms with Crippen LogP contribution in [0, 0.1) is 0 Å². The van der Waals surface area contributed by atoms with Crippen molar-refractivity contribution in [3.05, 3.63) is 28.2 Å². The van der Waals surface area contributed by atoms with Gasteiger partial charge in [-0.15, -0.1) is 5.06 Å². The molecule has 0 atom stereocenters. The van der Waals surface area contributed by atoms with Crippen molar-refractivity contribution in [3.63, 3.8) is 0 Å². The molecule has 0 aliphatic carbocycles. The Labute approximate surface area is 136 Å². The van der Waals surface area contributed by atoms with E-state index in [-0.39, 0.29) is 28.6 Å². The molecule has 124 valence electrons. The minimum atomic E-state index is -4.54. The molecule has 1 aliphatic rings. The summed E-state index contributed by atoms with van der Waals surface area (Å²) in [6.07, 6.45) is -4.66. The largest absolute Gasteiger partial charge is 0.483 e. The average Bonchev–Trinajstić information content (AvgIpc) is 2.77. The van der Waals surface area contributed by atoms with Gasteiger partial charge in [0.05, 0.1) is 10.0 Å². The minimum absolute atomic E-state index is 0.0631. The molecule has 1 aliphatic heterocycles. The fourth-order valence-corrected chi connectivity index (χ4v) is 2.06. The van der Waals surface area contributed by atoms with E-state index in [2.05, 4.69) is 25.5 Å². The van der Waals surface area contributed by atoms with Gasteiger partial charge in [-0.2, -0.15) is 13.2 Å². The molecular weight excluding hydrogens is 387 g/mol. The number of hydrogen-bond donors (Lipinski definition) is 0. The first-order valence-electron chi connectivity index (χ1n) is 6.24. The lowest BCUT2D eigenvalue weighted by molar-refractivity contribution is -0.172. The van der Waals surface area contributed by atoms with Gasteiger partial charge in [0.2, 0.25) is 0 Å². The van der Waals surface area contributed by atoms with E-state index in [1.807, 2.05) is 0 Å². The number of benzene rings is 1. The van der Waals surface area contributed by atoms with Gasteiger partial charge in [-0.1, -0.05) is 0 Å². The summed E-state index contributed by atoms with van der Waals surface area (Å²) in [6.45, 7) is -1.53. The van der Waals surface area contributed by atoms with E-state index in [1.54, 1.807) is 0 Å². The standard InChI is InChI=1S/C13H9BrF3NO5/c14-8-2-1-7(5-9(8)22-6-13(15,16)17)12(21)23-18-10(19)3-4-11(18)20/h1-2,5H,3-4,6H2. The molecule has 1 aromatic rings. The van der Waals surface area contributed by atoms with Crippen LogP contribution in [0.4, 0.5) is 13.2 Å². The molecule has 10 heteroatoms. The zero-order valence-corrected chi connectivity index (χ0v) is 12.9. The van der Waals surface area contributed by atoms with Crippen molar-refractivity contribution in [2.45, 2.75) is 19.0 Å². The average molecular weight is 396 g/mol. The summed E-state index contributed by atoms with van der Waals surface area (Å²) in [4.78, 5) is 39.3. The van der Waals surface area contributed by atoms with Gasteiger partial charge < -0.3 is 9.57 Å². The van der Waals surface area contributed by atoms with Crippen LogP contribution in [0.2, 0.25) is 0 Å². The first kappa shape index (κ1) is 17.3. The van der Waals surface area contributed by atoms with Gasteiger partial charge >= 0.3 is 12.1 Å². The fraction of sp³-hybridized carbons (Fsp3) is 0.308. The third kappa shape index (κ3) is 4.44. The number of rotatable bonds is 4. The number of amides is 2. The molecular formula is C13H9BrF3NO5. The number of halogens is 4. The summed E-state index contributed by atoms with van der Waals surface area (Å²) in [6, 6.07) is 3.55. The molecule has 0 spiro atoms. The Bertz CT molecular complexity index is 646. The molecule has 0 radical (unpaired) electrons. The Morgan fingerprint density at radius 2 is 1.83 bits per heavy atom. The molecule has 0 bridgehead atoms. The summed E-state index contributed by atoms with van der Waals surface area (Å²) in [5.41, 5.74) is -0.169. The summed E-state index contributed by atoms with van der Waals surface area (Å²) >= 11 is 2.99. The Kier molecular flexibility index (Phi) is 4.93. The first-order valence-corrected chi connectivity index (χ1v) is 7.04. The van der Waals surface area contributed by atoms with Crippen molar-refractivity contribution < 1.29 is 37.1 Å². The van der Waals surface area contributed by atoms with Gasteiger partial charge in [-0.05, 0) is 34.1 Å². The Morgan fingerprint density at radius 3 is 2.39 bits per heavy atom. The molecule has 2 rings (SSSR count). The number of alkyl halides is 3. The summed E-state index contributed by atoms with van der Waals surface area (Å²) < 4.78 is 41.3. The lowest BCUT2D eigenvalue weighted by atomic mass is 10.2. The van der Waals surface area contributed by atoms with Crippen LogP contribution >= 0.6 is 15.9 Å². The number of ether oxygens (including phenoxy) is 1. The molecule has 23 heavy (non-hydrogen) atoms. The zero-order valence-electron chi connectivity index (χ0n) is 11.4. The van der Waals surface area contributed by atoms with Crippen molar-refractivity contribution in [2.75, 3.05) is 6.61 Å². The maximum atomic E-state index is 12.2. The number of hydroxylamine groups is 2. The van der Waals surface area contributed by atoms with Crippen molar-refractivity contribution in [2.24, 2.45) is 0 Å². The lowest BCUT2D eigenvalue weighted by Gasteiger charge is -2.14. The van der Waals surface area contributed by atoms with Gasteiger partial charge in [0.15, 0.2) is 6.61 Å². The van der Waals surface area contributed by atoms with Crippen molar-refractivity contribution in [1.29, 1.82) is 0 Å². The van der Waals surface area contributed by atoms with Gasteiger partial charge in [0, 0.05) is 12.8 Å². The van der Waals surface area contributed by atoms with Gasteiger partial charge in [0.25, 0.3) is 11.8 Å². The Balaban J connectivity index is 2.11. The van der Waals surface area contributed by atoms with Crippen LogP contribution in [0.3, 0.4) is 0 Å². The fourth-order valence-electron chi connectivity index (χ4n) is 1.69. The highest BCUT2D eigenvalue weighted by Gasteiger charge is 2.33. The predicted molar refractivity (Wildman–Crippen MR) is 72.2 cm³/mol. The monoisotopic (exact) mass is 395 g/mol. The van der Waals surface area contributed by atoms with Crippen LogP contribution in [0.25, 0.3) is 0 Å². The van der Waals surface area contributed by atoms with E-state index in [9.17, 15) is 27.6 Å². The second kappa shape index (κ2) is 6.57. The van der Waals surface area contributed by atoms with Gasteiger partial charge in [-0.3, -0.25) is 9.59 Å². The van der Waals surface area contributed by atoms with Crippen LogP contribution in [-0.4, -0.2) is 35.6 Å². The molecule has 1 fully saturated rings. The highest BCUT2D eigenvalue weighted by atomic mass is 79.9. The molecule has 0 unspecified atom stereocenters. The van der Waals surface area contributed by atoms with Crippen LogP contribution < -0.4 is 4.74 Å². The van der Waals surface area contributed by atoms with Crippen LogP contribution in [0.5, 0.6) is 5.75 Å². The molecule has 6 nitrogen and oxygen atoms in total. The molecule has 2 amide bonds. The smallest absolute Gasteiger partial charge is 0.422 e. The maximum Gasteiger partial charge on any atom is 0.422 e. The summed E-state index contributed by atoms with van der Waals surface area (Å²) in [5, 5.41) is 0.348. The Morgan fingerprint density at radius 1 is 1.22 bits per heavy atom. The maximum absolute atomic E-state index is 12.2. The molecule has 1 aromatic carbocycles. The van der Waals surface area contributed by atoms with Crippen LogP contribution in [0.15, 0.2) is 22.7 Å². The number of imide groups is 1. The van der Waals surface area contributed by atoms with E-state index >= 15 is 0 Å². The van der Waals surface area contributed by atoms with E-state index in [1.165, 1.54) is 12.1 Å². The van der Waals surface area contributed by atoms with Crippen LogP contribution in [0.1, 0.15) is 23.2 Å². The van der Waals surface area contributed by atoms with Crippen LogP contribution in [-0.2, 0) is 14.4 Å². The molecule has 0 saturated carbocycles. The van der Waals surface area contributed by atoms with E-state index in [0.29, 0.717) is 5.06 Å². The second-order valence-electron chi connectivity index (χ2n) is 4.51. The third-order valence-electron chi connectivity index (χ3n) is 2.74. The van der Waals surface area contributed by atoms with Gasteiger partial charge in [0.1, 0.15) is 5.75 Å².